The second kappa shape index (κ2) is 6.06. The molecule has 1 amide bonds. The molecule has 1 atom stereocenters. The predicted molar refractivity (Wildman–Crippen MR) is 98.7 cm³/mol. The summed E-state index contributed by atoms with van der Waals surface area (Å²) in [4.78, 5) is 15.3. The van der Waals surface area contributed by atoms with Crippen molar-refractivity contribution >= 4 is 16.8 Å². The minimum Gasteiger partial charge on any atom is -0.350 e. The van der Waals surface area contributed by atoms with E-state index in [-0.39, 0.29) is 11.9 Å². The Hall–Kier alpha value is -2.56. The van der Waals surface area contributed by atoms with Crippen LogP contribution in [0.1, 0.15) is 34.6 Å². The van der Waals surface area contributed by atoms with E-state index in [9.17, 15) is 4.79 Å². The minimum absolute atomic E-state index is 0.140. The molecule has 0 spiro atoms. The minimum atomic E-state index is 0.140. The van der Waals surface area contributed by atoms with E-state index in [1.54, 1.807) is 0 Å². The van der Waals surface area contributed by atoms with Crippen molar-refractivity contribution < 1.29 is 4.79 Å². The lowest BCUT2D eigenvalue weighted by atomic mass is 10.1. The Bertz CT molecular complexity index is 936. The smallest absolute Gasteiger partial charge is 0.256 e. The van der Waals surface area contributed by atoms with E-state index in [4.69, 9.17) is 0 Å². The third kappa shape index (κ3) is 2.73. The number of amides is 1. The molecule has 0 unspecified atom stereocenters. The van der Waals surface area contributed by atoms with Gasteiger partial charge in [0.2, 0.25) is 0 Å². The normalized spacial score (nSPS) is 17.6. The third-order valence-corrected chi connectivity index (χ3v) is 5.25. The standard InChI is InChI=1S/C20H24N4O/c1-14-11-15(2)24(21-14)12-16-7-6-10-23(16)20(25)18-13-22(3)19-9-5-4-8-17(18)19/h4-5,8-9,11,13,16H,6-7,10,12H2,1-3H3/t16-/m0/s1. The summed E-state index contributed by atoms with van der Waals surface area (Å²) in [5.41, 5.74) is 4.09. The lowest BCUT2D eigenvalue weighted by Crippen LogP contribution is -2.38. The maximum Gasteiger partial charge on any atom is 0.256 e. The highest BCUT2D eigenvalue weighted by atomic mass is 16.2. The van der Waals surface area contributed by atoms with E-state index in [2.05, 4.69) is 24.2 Å². The van der Waals surface area contributed by atoms with Gasteiger partial charge in [0.05, 0.1) is 23.8 Å². The van der Waals surface area contributed by atoms with Crippen LogP contribution in [0, 0.1) is 13.8 Å². The fraction of sp³-hybridized carbons (Fsp3) is 0.400. The van der Waals surface area contributed by atoms with Crippen molar-refractivity contribution in [2.24, 2.45) is 7.05 Å². The fourth-order valence-corrected chi connectivity index (χ4v) is 4.02. The maximum atomic E-state index is 13.2. The summed E-state index contributed by atoms with van der Waals surface area (Å²) in [6.07, 6.45) is 4.06. The van der Waals surface area contributed by atoms with E-state index in [0.717, 1.165) is 53.8 Å². The molecular formula is C20H24N4O. The van der Waals surface area contributed by atoms with Crippen molar-refractivity contribution in [1.82, 2.24) is 19.2 Å². The number of nitrogens with zero attached hydrogens (tertiary/aromatic N) is 4. The molecule has 1 aliphatic rings. The van der Waals surface area contributed by atoms with Crippen LogP contribution in [0.15, 0.2) is 36.5 Å². The van der Waals surface area contributed by atoms with Crippen molar-refractivity contribution in [3.63, 3.8) is 0 Å². The van der Waals surface area contributed by atoms with Crippen LogP contribution in [-0.4, -0.2) is 37.7 Å². The first-order valence-corrected chi connectivity index (χ1v) is 8.90. The number of rotatable bonds is 3. The summed E-state index contributed by atoms with van der Waals surface area (Å²) in [7, 11) is 2.00. The molecule has 0 aliphatic carbocycles. The fourth-order valence-electron chi connectivity index (χ4n) is 4.02. The van der Waals surface area contributed by atoms with Gasteiger partial charge in [0.15, 0.2) is 0 Å². The van der Waals surface area contributed by atoms with Gasteiger partial charge in [-0.05, 0) is 38.8 Å². The van der Waals surface area contributed by atoms with Crippen LogP contribution in [0.25, 0.3) is 10.9 Å². The van der Waals surface area contributed by atoms with Crippen molar-refractivity contribution in [3.05, 3.63) is 53.5 Å². The van der Waals surface area contributed by atoms with Gasteiger partial charge in [-0.2, -0.15) is 5.10 Å². The molecular weight excluding hydrogens is 312 g/mol. The summed E-state index contributed by atoms with van der Waals surface area (Å²) >= 11 is 0. The van der Waals surface area contributed by atoms with E-state index >= 15 is 0 Å². The van der Waals surface area contributed by atoms with Gasteiger partial charge in [0.1, 0.15) is 0 Å². The monoisotopic (exact) mass is 336 g/mol. The van der Waals surface area contributed by atoms with Crippen molar-refractivity contribution in [2.45, 2.75) is 39.3 Å². The topological polar surface area (TPSA) is 43.1 Å². The number of para-hydroxylation sites is 1. The van der Waals surface area contributed by atoms with Gasteiger partial charge in [-0.3, -0.25) is 9.48 Å². The molecule has 5 heteroatoms. The first-order chi connectivity index (χ1) is 12.0. The van der Waals surface area contributed by atoms with Gasteiger partial charge in [-0.15, -0.1) is 0 Å². The number of aromatic nitrogens is 3. The Labute approximate surface area is 147 Å². The van der Waals surface area contributed by atoms with Crippen LogP contribution < -0.4 is 0 Å². The molecule has 25 heavy (non-hydrogen) atoms. The molecule has 2 aromatic heterocycles. The number of likely N-dealkylation sites (tertiary alicyclic amines) is 1. The summed E-state index contributed by atoms with van der Waals surface area (Å²) < 4.78 is 4.07. The zero-order valence-electron chi connectivity index (χ0n) is 15.1. The predicted octanol–water partition coefficient (Wildman–Crippen LogP) is 3.30. The second-order valence-corrected chi connectivity index (χ2v) is 7.07. The Balaban J connectivity index is 1.63. The Morgan fingerprint density at radius 2 is 2.08 bits per heavy atom. The quantitative estimate of drug-likeness (QED) is 0.736. The molecule has 130 valence electrons. The van der Waals surface area contributed by atoms with Crippen LogP contribution in [0.2, 0.25) is 0 Å². The van der Waals surface area contributed by atoms with Gasteiger partial charge in [0.25, 0.3) is 5.91 Å². The SMILES string of the molecule is Cc1cc(C)n(C[C@@H]2CCCN2C(=O)c2cn(C)c3ccccc23)n1. The summed E-state index contributed by atoms with van der Waals surface area (Å²) in [5.74, 6) is 0.140. The highest BCUT2D eigenvalue weighted by Crippen LogP contribution is 2.26. The average Bonchev–Trinajstić information content (AvgIpc) is 3.27. The summed E-state index contributed by atoms with van der Waals surface area (Å²) in [6.45, 7) is 5.69. The molecule has 1 aromatic carbocycles. The molecule has 1 fully saturated rings. The molecule has 3 aromatic rings. The van der Waals surface area contributed by atoms with Gasteiger partial charge >= 0.3 is 0 Å². The first kappa shape index (κ1) is 15.9. The van der Waals surface area contributed by atoms with Gasteiger partial charge in [-0.1, -0.05) is 18.2 Å². The molecule has 1 saturated heterocycles. The third-order valence-electron chi connectivity index (χ3n) is 5.25. The molecule has 0 radical (unpaired) electrons. The van der Waals surface area contributed by atoms with Gasteiger partial charge in [0, 0.05) is 36.4 Å². The molecule has 3 heterocycles. The number of hydrogen-bond donors (Lipinski definition) is 0. The lowest BCUT2D eigenvalue weighted by Gasteiger charge is -2.25. The zero-order valence-corrected chi connectivity index (χ0v) is 15.1. The number of fused-ring (bicyclic) bond motifs is 1. The Morgan fingerprint density at radius 1 is 1.28 bits per heavy atom. The van der Waals surface area contributed by atoms with E-state index < -0.39 is 0 Å². The molecule has 5 nitrogen and oxygen atoms in total. The summed E-state index contributed by atoms with van der Waals surface area (Å²) in [6, 6.07) is 10.4. The number of aryl methyl sites for hydroxylation is 3. The van der Waals surface area contributed by atoms with Crippen LogP contribution in [0.3, 0.4) is 0 Å². The highest BCUT2D eigenvalue weighted by molar-refractivity contribution is 6.07. The molecule has 1 aliphatic heterocycles. The van der Waals surface area contributed by atoms with Crippen molar-refractivity contribution in [1.29, 1.82) is 0 Å². The number of carbonyl (C=O) groups is 1. The molecule has 4 rings (SSSR count). The molecule has 0 saturated carbocycles. The largest absolute Gasteiger partial charge is 0.350 e. The summed E-state index contributed by atoms with van der Waals surface area (Å²) in [5, 5.41) is 5.60. The van der Waals surface area contributed by atoms with E-state index in [1.807, 2.05) is 52.5 Å². The Kier molecular flexibility index (Phi) is 3.86. The van der Waals surface area contributed by atoms with Gasteiger partial charge in [-0.25, -0.2) is 0 Å². The van der Waals surface area contributed by atoms with Crippen LogP contribution in [0.4, 0.5) is 0 Å². The zero-order chi connectivity index (χ0) is 17.6. The number of hydrogen-bond acceptors (Lipinski definition) is 2. The second-order valence-electron chi connectivity index (χ2n) is 7.07. The molecule has 0 N–H and O–H groups in total. The lowest BCUT2D eigenvalue weighted by molar-refractivity contribution is 0.0723. The maximum absolute atomic E-state index is 13.2. The van der Waals surface area contributed by atoms with Crippen molar-refractivity contribution in [2.75, 3.05) is 6.54 Å². The van der Waals surface area contributed by atoms with Crippen molar-refractivity contribution in [3.8, 4) is 0 Å². The van der Waals surface area contributed by atoms with E-state index in [0.29, 0.717) is 0 Å². The van der Waals surface area contributed by atoms with Crippen LogP contribution in [0.5, 0.6) is 0 Å². The first-order valence-electron chi connectivity index (χ1n) is 8.90. The van der Waals surface area contributed by atoms with Crippen LogP contribution >= 0.6 is 0 Å². The molecule has 0 bridgehead atoms. The highest BCUT2D eigenvalue weighted by Gasteiger charge is 2.31. The Morgan fingerprint density at radius 3 is 2.84 bits per heavy atom. The average molecular weight is 336 g/mol. The van der Waals surface area contributed by atoms with Crippen LogP contribution in [-0.2, 0) is 13.6 Å². The number of carbonyl (C=O) groups excluding carboxylic acids is 1. The van der Waals surface area contributed by atoms with E-state index in [1.165, 1.54) is 0 Å². The van der Waals surface area contributed by atoms with Gasteiger partial charge < -0.3 is 9.47 Å². The number of benzene rings is 1.